The van der Waals surface area contributed by atoms with Crippen LogP contribution >= 0.6 is 0 Å². The first-order valence-electron chi connectivity index (χ1n) is 5.10. The number of aromatic nitrogens is 2. The second-order valence-corrected chi connectivity index (χ2v) is 3.84. The molecule has 0 aliphatic heterocycles. The zero-order valence-corrected chi connectivity index (χ0v) is 9.36. The quantitative estimate of drug-likeness (QED) is 0.644. The van der Waals surface area contributed by atoms with Crippen molar-refractivity contribution >= 4 is 0 Å². The molecule has 0 bridgehead atoms. The largest absolute Gasteiger partial charge is 0.327 e. The Kier molecular flexibility index (Phi) is 2.50. The molecule has 0 radical (unpaired) electrons. The monoisotopic (exact) mass is 199 g/mol. The van der Waals surface area contributed by atoms with Crippen LogP contribution in [0.4, 0.5) is 0 Å². The molecule has 2 heterocycles. The maximum absolute atomic E-state index is 4.36. The molecule has 0 aliphatic rings. The molecule has 0 atom stereocenters. The van der Waals surface area contributed by atoms with E-state index in [-0.39, 0.29) is 0 Å². The molecule has 2 heteroatoms. The van der Waals surface area contributed by atoms with Crippen molar-refractivity contribution in [3.8, 4) is 5.82 Å². The van der Waals surface area contributed by atoms with Crippen LogP contribution in [-0.2, 0) is 0 Å². The number of aryl methyl sites for hydroxylation is 3. The van der Waals surface area contributed by atoms with Crippen LogP contribution in [0.25, 0.3) is 5.82 Å². The Hall–Kier alpha value is -1.70. The van der Waals surface area contributed by atoms with Crippen molar-refractivity contribution in [2.24, 2.45) is 0 Å². The van der Waals surface area contributed by atoms with Gasteiger partial charge in [-0.1, -0.05) is 6.07 Å². The van der Waals surface area contributed by atoms with Gasteiger partial charge in [-0.15, -0.1) is 0 Å². The summed E-state index contributed by atoms with van der Waals surface area (Å²) in [5.41, 5.74) is 3.72. The third-order valence-corrected chi connectivity index (χ3v) is 2.46. The van der Waals surface area contributed by atoms with Crippen molar-refractivity contribution in [2.45, 2.75) is 20.8 Å². The summed E-state index contributed by atoms with van der Waals surface area (Å²) in [5, 5.41) is 0. The van der Waals surface area contributed by atoms with Gasteiger partial charge in [0.25, 0.3) is 0 Å². The van der Waals surface area contributed by atoms with Crippen molar-refractivity contribution in [3.05, 3.63) is 53.5 Å². The zero-order valence-electron chi connectivity index (χ0n) is 9.36. The molecule has 0 fully saturated rings. The standard InChI is InChI=1S/C13H15N2/c1-10-8-11(2)15(12(3)9-10)13-6-4-5-7-14-13/h4-9H,1-3H3/q+1. The highest BCUT2D eigenvalue weighted by atomic mass is 15.1. The number of nitrogens with zero attached hydrogens (tertiary/aromatic N) is 2. The smallest absolute Gasteiger partial charge is 0.198 e. The molecule has 2 aromatic rings. The van der Waals surface area contributed by atoms with Crippen LogP contribution in [0.1, 0.15) is 17.0 Å². The van der Waals surface area contributed by atoms with Crippen molar-refractivity contribution in [2.75, 3.05) is 0 Å². The van der Waals surface area contributed by atoms with E-state index in [1.165, 1.54) is 17.0 Å². The summed E-state index contributed by atoms with van der Waals surface area (Å²) < 4.78 is 2.16. The third kappa shape index (κ3) is 1.89. The molecule has 76 valence electrons. The predicted octanol–water partition coefficient (Wildman–Crippen LogP) is 2.28. The SMILES string of the molecule is Cc1cc(C)[n+](-c2ccccn2)c(C)c1. The lowest BCUT2D eigenvalue weighted by molar-refractivity contribution is -0.613. The number of hydrogen-bond acceptors (Lipinski definition) is 1. The van der Waals surface area contributed by atoms with E-state index in [2.05, 4.69) is 42.5 Å². The summed E-state index contributed by atoms with van der Waals surface area (Å²) in [4.78, 5) is 4.36. The van der Waals surface area contributed by atoms with Gasteiger partial charge in [-0.3, -0.25) is 0 Å². The lowest BCUT2D eigenvalue weighted by Crippen LogP contribution is -2.38. The van der Waals surface area contributed by atoms with Crippen LogP contribution < -0.4 is 4.57 Å². The molecule has 0 spiro atoms. The van der Waals surface area contributed by atoms with E-state index in [1.54, 1.807) is 0 Å². The summed E-state index contributed by atoms with van der Waals surface area (Å²) in [5.74, 6) is 0.979. The fourth-order valence-corrected chi connectivity index (χ4v) is 1.96. The molecule has 0 unspecified atom stereocenters. The molecule has 0 saturated heterocycles. The Morgan fingerprint density at radius 1 is 1.00 bits per heavy atom. The zero-order chi connectivity index (χ0) is 10.8. The first-order valence-corrected chi connectivity index (χ1v) is 5.10. The van der Waals surface area contributed by atoms with E-state index >= 15 is 0 Å². The highest BCUT2D eigenvalue weighted by molar-refractivity contribution is 5.18. The van der Waals surface area contributed by atoms with Gasteiger partial charge in [0.05, 0.1) is 0 Å². The fraction of sp³-hybridized carbons (Fsp3) is 0.231. The lowest BCUT2D eigenvalue weighted by Gasteiger charge is -2.05. The van der Waals surface area contributed by atoms with Gasteiger partial charge in [-0.2, -0.15) is 4.57 Å². The second kappa shape index (κ2) is 3.81. The predicted molar refractivity (Wildman–Crippen MR) is 60.0 cm³/mol. The van der Waals surface area contributed by atoms with Gasteiger partial charge in [0.1, 0.15) is 17.6 Å². The molecular formula is C13H15N2+. The molecule has 0 amide bonds. The summed E-state index contributed by atoms with van der Waals surface area (Å²) >= 11 is 0. The lowest BCUT2D eigenvalue weighted by atomic mass is 10.2. The van der Waals surface area contributed by atoms with Gasteiger partial charge in [-0.25, -0.2) is 0 Å². The molecular weight excluding hydrogens is 184 g/mol. The molecule has 2 nitrogen and oxygen atoms in total. The second-order valence-electron chi connectivity index (χ2n) is 3.84. The normalized spacial score (nSPS) is 10.3. The summed E-state index contributed by atoms with van der Waals surface area (Å²) in [6, 6.07) is 10.3. The Bertz CT molecular complexity index is 452. The number of hydrogen-bond donors (Lipinski definition) is 0. The molecule has 2 rings (SSSR count). The Labute approximate surface area is 90.2 Å². The van der Waals surface area contributed by atoms with E-state index in [4.69, 9.17) is 0 Å². The highest BCUT2D eigenvalue weighted by Crippen LogP contribution is 2.05. The van der Waals surface area contributed by atoms with E-state index in [1.807, 2.05) is 24.4 Å². The molecule has 2 aromatic heterocycles. The molecule has 0 aromatic carbocycles. The van der Waals surface area contributed by atoms with Crippen LogP contribution in [0.15, 0.2) is 36.5 Å². The maximum Gasteiger partial charge on any atom is 0.327 e. The topological polar surface area (TPSA) is 16.8 Å². The summed E-state index contributed by atoms with van der Waals surface area (Å²) in [6.45, 7) is 6.33. The van der Waals surface area contributed by atoms with Crippen molar-refractivity contribution in [1.29, 1.82) is 0 Å². The van der Waals surface area contributed by atoms with Gasteiger partial charge in [0.2, 0.25) is 0 Å². The van der Waals surface area contributed by atoms with Gasteiger partial charge < -0.3 is 0 Å². The van der Waals surface area contributed by atoms with E-state index in [9.17, 15) is 0 Å². The van der Waals surface area contributed by atoms with Gasteiger partial charge >= 0.3 is 5.82 Å². The Morgan fingerprint density at radius 3 is 2.20 bits per heavy atom. The minimum absolute atomic E-state index is 0.979. The first kappa shape index (κ1) is 9.84. The van der Waals surface area contributed by atoms with Crippen LogP contribution in [0, 0.1) is 20.8 Å². The average molecular weight is 199 g/mol. The molecule has 15 heavy (non-hydrogen) atoms. The van der Waals surface area contributed by atoms with Crippen LogP contribution in [0.5, 0.6) is 0 Å². The van der Waals surface area contributed by atoms with Gasteiger partial charge in [-0.05, 0) is 49.5 Å². The Morgan fingerprint density at radius 2 is 1.67 bits per heavy atom. The highest BCUT2D eigenvalue weighted by Gasteiger charge is 2.12. The number of pyridine rings is 2. The average Bonchev–Trinajstić information content (AvgIpc) is 2.17. The fourth-order valence-electron chi connectivity index (χ4n) is 1.96. The minimum atomic E-state index is 0.979. The Balaban J connectivity index is 2.64. The molecule has 0 N–H and O–H groups in total. The van der Waals surface area contributed by atoms with E-state index in [0.29, 0.717) is 0 Å². The van der Waals surface area contributed by atoms with Gasteiger partial charge in [0.15, 0.2) is 0 Å². The van der Waals surface area contributed by atoms with E-state index < -0.39 is 0 Å². The summed E-state index contributed by atoms with van der Waals surface area (Å²) in [7, 11) is 0. The van der Waals surface area contributed by atoms with Crippen LogP contribution in [0.2, 0.25) is 0 Å². The van der Waals surface area contributed by atoms with Crippen molar-refractivity contribution in [3.63, 3.8) is 0 Å². The van der Waals surface area contributed by atoms with Crippen molar-refractivity contribution in [1.82, 2.24) is 4.98 Å². The summed E-state index contributed by atoms with van der Waals surface area (Å²) in [6.07, 6.45) is 1.82. The minimum Gasteiger partial charge on any atom is -0.198 e. The maximum atomic E-state index is 4.36. The number of rotatable bonds is 1. The van der Waals surface area contributed by atoms with Gasteiger partial charge in [0, 0.05) is 6.07 Å². The third-order valence-electron chi connectivity index (χ3n) is 2.46. The molecule has 0 aliphatic carbocycles. The van der Waals surface area contributed by atoms with Crippen LogP contribution in [0.3, 0.4) is 0 Å². The van der Waals surface area contributed by atoms with E-state index in [0.717, 1.165) is 5.82 Å². The molecule has 0 saturated carbocycles. The van der Waals surface area contributed by atoms with Crippen LogP contribution in [-0.4, -0.2) is 4.98 Å². The first-order chi connectivity index (χ1) is 7.18. The van der Waals surface area contributed by atoms with Crippen molar-refractivity contribution < 1.29 is 4.57 Å².